The number of halogens is 1. The number of hydrogen-bond donors (Lipinski definition) is 2. The average molecular weight is 397 g/mol. The minimum atomic E-state index is 0.0406. The molecule has 0 atom stereocenters. The van der Waals surface area contributed by atoms with E-state index in [1.807, 2.05) is 43.3 Å². The topological polar surface area (TPSA) is 66.9 Å². The van der Waals surface area contributed by atoms with Crippen LogP contribution in [0.2, 0.25) is 0 Å². The highest BCUT2D eigenvalue weighted by atomic mass is 79.9. The predicted molar refractivity (Wildman–Crippen MR) is 104 cm³/mol. The standard InChI is InChI=1S/C19H17BrN4O/c1-12-11-15(20)5-8-17(12)23-18-9-10-21-19(24-18)22-16-6-3-14(4-7-16)13(2)25/h3-11H,1-2H3,(H2,21,22,23,24). The molecule has 25 heavy (non-hydrogen) atoms. The van der Waals surface area contributed by atoms with Crippen LogP contribution in [-0.4, -0.2) is 15.8 Å². The number of hydrogen-bond acceptors (Lipinski definition) is 5. The van der Waals surface area contributed by atoms with Gasteiger partial charge >= 0.3 is 0 Å². The molecule has 1 heterocycles. The Kier molecular flexibility index (Phi) is 5.09. The quantitative estimate of drug-likeness (QED) is 0.577. The lowest BCUT2D eigenvalue weighted by atomic mass is 10.1. The van der Waals surface area contributed by atoms with Gasteiger partial charge in [0.15, 0.2) is 5.78 Å². The van der Waals surface area contributed by atoms with Gasteiger partial charge in [-0.05, 0) is 67.9 Å². The molecule has 0 amide bonds. The van der Waals surface area contributed by atoms with Gasteiger partial charge in [0.05, 0.1) is 0 Å². The second-order valence-electron chi connectivity index (χ2n) is 5.61. The Morgan fingerprint density at radius 2 is 1.80 bits per heavy atom. The fraction of sp³-hybridized carbons (Fsp3) is 0.105. The third-order valence-electron chi connectivity index (χ3n) is 3.65. The summed E-state index contributed by atoms with van der Waals surface area (Å²) in [4.78, 5) is 20.0. The number of aryl methyl sites for hydroxylation is 1. The van der Waals surface area contributed by atoms with Crippen molar-refractivity contribution < 1.29 is 4.79 Å². The molecule has 2 aromatic carbocycles. The Morgan fingerprint density at radius 3 is 2.48 bits per heavy atom. The zero-order valence-corrected chi connectivity index (χ0v) is 15.5. The summed E-state index contributed by atoms with van der Waals surface area (Å²) in [6, 6.07) is 15.0. The number of nitrogens with zero attached hydrogens (tertiary/aromatic N) is 2. The van der Waals surface area contributed by atoms with Crippen molar-refractivity contribution in [3.63, 3.8) is 0 Å². The number of benzene rings is 2. The van der Waals surface area contributed by atoms with E-state index in [4.69, 9.17) is 0 Å². The lowest BCUT2D eigenvalue weighted by molar-refractivity contribution is 0.101. The molecule has 0 bridgehead atoms. The SMILES string of the molecule is CC(=O)c1ccc(Nc2nccc(Nc3ccc(Br)cc3C)n2)cc1. The molecular weight excluding hydrogens is 380 g/mol. The van der Waals surface area contributed by atoms with Crippen molar-refractivity contribution >= 4 is 44.9 Å². The number of anilines is 4. The van der Waals surface area contributed by atoms with E-state index in [0.29, 0.717) is 17.3 Å². The molecule has 0 spiro atoms. The van der Waals surface area contributed by atoms with Crippen LogP contribution in [0.4, 0.5) is 23.1 Å². The summed E-state index contributed by atoms with van der Waals surface area (Å²) in [5.74, 6) is 1.22. The van der Waals surface area contributed by atoms with Crippen molar-refractivity contribution in [3.8, 4) is 0 Å². The summed E-state index contributed by atoms with van der Waals surface area (Å²) < 4.78 is 1.04. The molecular formula is C19H17BrN4O. The van der Waals surface area contributed by atoms with Gasteiger partial charge in [-0.15, -0.1) is 0 Å². The van der Waals surface area contributed by atoms with Gasteiger partial charge in [-0.3, -0.25) is 4.79 Å². The van der Waals surface area contributed by atoms with E-state index in [9.17, 15) is 4.79 Å². The van der Waals surface area contributed by atoms with Gasteiger partial charge in [-0.1, -0.05) is 15.9 Å². The van der Waals surface area contributed by atoms with Gasteiger partial charge in [0.25, 0.3) is 0 Å². The molecule has 0 unspecified atom stereocenters. The molecule has 0 saturated carbocycles. The maximum atomic E-state index is 11.3. The van der Waals surface area contributed by atoms with Crippen LogP contribution in [0.25, 0.3) is 0 Å². The smallest absolute Gasteiger partial charge is 0.229 e. The molecule has 126 valence electrons. The first-order valence-corrected chi connectivity index (χ1v) is 8.55. The summed E-state index contributed by atoms with van der Waals surface area (Å²) in [5, 5.41) is 6.43. The van der Waals surface area contributed by atoms with Crippen molar-refractivity contribution in [2.45, 2.75) is 13.8 Å². The normalized spacial score (nSPS) is 10.4. The van der Waals surface area contributed by atoms with Crippen LogP contribution in [0.5, 0.6) is 0 Å². The molecule has 3 rings (SSSR count). The van der Waals surface area contributed by atoms with Crippen molar-refractivity contribution in [2.75, 3.05) is 10.6 Å². The van der Waals surface area contributed by atoms with Crippen LogP contribution >= 0.6 is 15.9 Å². The van der Waals surface area contributed by atoms with Gasteiger partial charge in [0.2, 0.25) is 5.95 Å². The Morgan fingerprint density at radius 1 is 1.04 bits per heavy atom. The molecule has 0 radical (unpaired) electrons. The summed E-state index contributed by atoms with van der Waals surface area (Å²) in [6.07, 6.45) is 1.69. The monoisotopic (exact) mass is 396 g/mol. The maximum absolute atomic E-state index is 11.3. The maximum Gasteiger partial charge on any atom is 0.229 e. The zero-order chi connectivity index (χ0) is 17.8. The number of nitrogens with one attached hydrogen (secondary N) is 2. The minimum absolute atomic E-state index is 0.0406. The molecule has 6 heteroatoms. The van der Waals surface area contributed by atoms with Crippen LogP contribution in [0, 0.1) is 6.92 Å². The van der Waals surface area contributed by atoms with E-state index in [0.717, 1.165) is 21.4 Å². The van der Waals surface area contributed by atoms with Crippen molar-refractivity contribution in [2.24, 2.45) is 0 Å². The molecule has 0 fully saturated rings. The van der Waals surface area contributed by atoms with Crippen molar-refractivity contribution in [3.05, 3.63) is 70.3 Å². The summed E-state index contributed by atoms with van der Waals surface area (Å²) in [6.45, 7) is 3.58. The first-order valence-electron chi connectivity index (χ1n) is 7.75. The van der Waals surface area contributed by atoms with Crippen LogP contribution < -0.4 is 10.6 Å². The molecule has 3 aromatic rings. The number of carbonyl (C=O) groups is 1. The van der Waals surface area contributed by atoms with E-state index in [1.165, 1.54) is 0 Å². The summed E-state index contributed by atoms with van der Waals surface area (Å²) >= 11 is 3.46. The summed E-state index contributed by atoms with van der Waals surface area (Å²) in [5.41, 5.74) is 3.59. The van der Waals surface area contributed by atoms with E-state index >= 15 is 0 Å². The van der Waals surface area contributed by atoms with Crippen LogP contribution in [0.1, 0.15) is 22.8 Å². The second-order valence-corrected chi connectivity index (χ2v) is 6.52. The number of carbonyl (C=O) groups excluding carboxylic acids is 1. The van der Waals surface area contributed by atoms with Crippen molar-refractivity contribution in [1.82, 2.24) is 9.97 Å². The van der Waals surface area contributed by atoms with Gasteiger partial charge in [-0.25, -0.2) is 4.98 Å². The molecule has 0 aliphatic carbocycles. The first kappa shape index (κ1) is 17.1. The van der Waals surface area contributed by atoms with Gasteiger partial charge in [0.1, 0.15) is 5.82 Å². The van der Waals surface area contributed by atoms with Gasteiger partial charge in [0, 0.05) is 27.6 Å². The Bertz CT molecular complexity index is 910. The second kappa shape index (κ2) is 7.44. The number of Topliss-reactive ketones (excluding diaryl/α,β-unsaturated/α-hetero) is 1. The fourth-order valence-corrected chi connectivity index (χ4v) is 2.79. The zero-order valence-electron chi connectivity index (χ0n) is 13.9. The Hall–Kier alpha value is -2.73. The highest BCUT2D eigenvalue weighted by molar-refractivity contribution is 9.10. The Labute approximate surface area is 154 Å². The average Bonchev–Trinajstić information content (AvgIpc) is 2.58. The van der Waals surface area contributed by atoms with Gasteiger partial charge in [-0.2, -0.15) is 4.98 Å². The third-order valence-corrected chi connectivity index (χ3v) is 4.15. The number of rotatable bonds is 5. The van der Waals surface area contributed by atoms with E-state index < -0.39 is 0 Å². The van der Waals surface area contributed by atoms with Crippen LogP contribution in [0.3, 0.4) is 0 Å². The lowest BCUT2D eigenvalue weighted by Gasteiger charge is -2.11. The van der Waals surface area contributed by atoms with E-state index in [-0.39, 0.29) is 5.78 Å². The van der Waals surface area contributed by atoms with E-state index in [2.05, 4.69) is 36.5 Å². The van der Waals surface area contributed by atoms with Crippen LogP contribution in [0.15, 0.2) is 59.2 Å². The predicted octanol–water partition coefficient (Wildman–Crippen LogP) is 5.24. The summed E-state index contributed by atoms with van der Waals surface area (Å²) in [7, 11) is 0. The molecule has 2 N–H and O–H groups in total. The third kappa shape index (κ3) is 4.42. The van der Waals surface area contributed by atoms with E-state index in [1.54, 1.807) is 25.3 Å². The fourth-order valence-electron chi connectivity index (χ4n) is 2.31. The largest absolute Gasteiger partial charge is 0.340 e. The molecule has 0 aliphatic rings. The molecule has 0 aliphatic heterocycles. The highest BCUT2D eigenvalue weighted by Crippen LogP contribution is 2.23. The number of aromatic nitrogens is 2. The lowest BCUT2D eigenvalue weighted by Crippen LogP contribution is -2.01. The Balaban J connectivity index is 1.76. The molecule has 5 nitrogen and oxygen atoms in total. The molecule has 0 saturated heterocycles. The molecule has 1 aromatic heterocycles. The first-order chi connectivity index (χ1) is 12.0. The minimum Gasteiger partial charge on any atom is -0.340 e. The number of ketones is 1. The van der Waals surface area contributed by atoms with Crippen molar-refractivity contribution in [1.29, 1.82) is 0 Å². The van der Waals surface area contributed by atoms with Gasteiger partial charge < -0.3 is 10.6 Å². The highest BCUT2D eigenvalue weighted by Gasteiger charge is 2.04. The van der Waals surface area contributed by atoms with Crippen LogP contribution in [-0.2, 0) is 0 Å².